The number of halogens is 1. The molecule has 0 aliphatic carbocycles. The summed E-state index contributed by atoms with van der Waals surface area (Å²) in [5.74, 6) is 1.62. The van der Waals surface area contributed by atoms with Crippen molar-refractivity contribution < 1.29 is 4.79 Å². The summed E-state index contributed by atoms with van der Waals surface area (Å²) in [4.78, 5) is 25.9. The molecule has 0 radical (unpaired) electrons. The maximum atomic E-state index is 12.7. The summed E-state index contributed by atoms with van der Waals surface area (Å²) < 4.78 is 1.80. The van der Waals surface area contributed by atoms with Crippen molar-refractivity contribution in [2.24, 2.45) is 5.92 Å². The van der Waals surface area contributed by atoms with E-state index >= 15 is 0 Å². The molecule has 9 heteroatoms. The van der Waals surface area contributed by atoms with Crippen molar-refractivity contribution in [1.29, 1.82) is 0 Å². The number of carbonyl (C=O) groups excluding carboxylic acids is 1. The number of hydrogen-bond acceptors (Lipinski definition) is 6. The normalized spacial score (nSPS) is 15.2. The number of para-hydroxylation sites is 1. The Labute approximate surface area is 199 Å². The summed E-state index contributed by atoms with van der Waals surface area (Å²) in [5, 5.41) is 5.94. The van der Waals surface area contributed by atoms with Gasteiger partial charge in [-0.15, -0.1) is 0 Å². The monoisotopic (exact) mass is 467 g/mol. The van der Waals surface area contributed by atoms with E-state index < -0.39 is 0 Å². The average molecular weight is 468 g/mol. The number of nitrogen functional groups attached to an aromatic ring is 1. The van der Waals surface area contributed by atoms with Crippen LogP contribution in [0.1, 0.15) is 30.9 Å². The number of aryl methyl sites for hydroxylation is 1. The van der Waals surface area contributed by atoms with Gasteiger partial charge in [0.25, 0.3) is 0 Å². The van der Waals surface area contributed by atoms with Crippen molar-refractivity contribution in [3.63, 3.8) is 0 Å². The van der Waals surface area contributed by atoms with E-state index in [1.165, 1.54) is 0 Å². The summed E-state index contributed by atoms with van der Waals surface area (Å²) in [7, 11) is 0. The highest BCUT2D eigenvalue weighted by atomic mass is 35.5. The zero-order valence-electron chi connectivity index (χ0n) is 19.3. The third-order valence-corrected chi connectivity index (χ3v) is 6.17. The quantitative estimate of drug-likeness (QED) is 0.558. The van der Waals surface area contributed by atoms with Crippen LogP contribution in [0.15, 0.2) is 30.3 Å². The Morgan fingerprint density at radius 3 is 2.64 bits per heavy atom. The maximum Gasteiger partial charge on any atom is 0.246 e. The molecule has 1 aliphatic rings. The predicted molar refractivity (Wildman–Crippen MR) is 132 cm³/mol. The van der Waals surface area contributed by atoms with E-state index in [1.54, 1.807) is 16.8 Å². The van der Waals surface area contributed by atoms with Crippen LogP contribution in [-0.2, 0) is 17.9 Å². The minimum absolute atomic E-state index is 0.0204. The summed E-state index contributed by atoms with van der Waals surface area (Å²) in [6.45, 7) is 10.3. The van der Waals surface area contributed by atoms with Crippen LogP contribution in [0.5, 0.6) is 0 Å². The van der Waals surface area contributed by atoms with E-state index in [9.17, 15) is 4.79 Å². The summed E-state index contributed by atoms with van der Waals surface area (Å²) in [6.07, 6.45) is 3.38. The van der Waals surface area contributed by atoms with Gasteiger partial charge in [0.05, 0.1) is 17.8 Å². The van der Waals surface area contributed by atoms with Gasteiger partial charge in [-0.05, 0) is 31.1 Å². The number of piperazine rings is 1. The fourth-order valence-corrected chi connectivity index (χ4v) is 4.34. The van der Waals surface area contributed by atoms with E-state index in [2.05, 4.69) is 33.8 Å². The van der Waals surface area contributed by atoms with Gasteiger partial charge in [0.1, 0.15) is 16.8 Å². The summed E-state index contributed by atoms with van der Waals surface area (Å²) in [6, 6.07) is 7.75. The van der Waals surface area contributed by atoms with E-state index in [0.717, 1.165) is 41.8 Å². The third-order valence-electron chi connectivity index (χ3n) is 5.77. The number of benzene rings is 1. The molecule has 3 heterocycles. The lowest BCUT2D eigenvalue weighted by molar-refractivity contribution is -0.127. The first kappa shape index (κ1) is 23.2. The predicted octanol–water partition coefficient (Wildman–Crippen LogP) is 3.38. The Balaban J connectivity index is 1.34. The second kappa shape index (κ2) is 9.89. The number of amides is 1. The van der Waals surface area contributed by atoms with Crippen LogP contribution in [0.2, 0.25) is 5.15 Å². The molecule has 1 saturated heterocycles. The first-order valence-electron chi connectivity index (χ1n) is 11.2. The van der Waals surface area contributed by atoms with Gasteiger partial charge in [-0.25, -0.2) is 9.97 Å². The molecule has 0 saturated carbocycles. The Morgan fingerprint density at radius 1 is 1.18 bits per heavy atom. The molecule has 2 aromatic heterocycles. The Kier molecular flexibility index (Phi) is 6.95. The Hall–Kier alpha value is -2.97. The lowest BCUT2D eigenvalue weighted by atomic mass is 10.2. The van der Waals surface area contributed by atoms with Crippen molar-refractivity contribution in [3.8, 4) is 0 Å². The second-order valence-corrected chi connectivity index (χ2v) is 9.20. The summed E-state index contributed by atoms with van der Waals surface area (Å²) >= 11 is 6.48. The maximum absolute atomic E-state index is 12.7. The van der Waals surface area contributed by atoms with Crippen LogP contribution in [0.4, 0.5) is 5.82 Å². The highest BCUT2D eigenvalue weighted by molar-refractivity contribution is 6.31. The van der Waals surface area contributed by atoms with Crippen LogP contribution in [0.25, 0.3) is 17.0 Å². The topological polar surface area (TPSA) is 93.2 Å². The number of carbonyl (C=O) groups is 1. The number of rotatable bonds is 6. The molecule has 1 aliphatic heterocycles. The van der Waals surface area contributed by atoms with Crippen molar-refractivity contribution in [3.05, 3.63) is 52.6 Å². The van der Waals surface area contributed by atoms with Crippen molar-refractivity contribution >= 4 is 40.3 Å². The number of aromatic nitrogens is 4. The number of anilines is 1. The van der Waals surface area contributed by atoms with Crippen LogP contribution < -0.4 is 5.73 Å². The highest BCUT2D eigenvalue weighted by Crippen LogP contribution is 2.23. The van der Waals surface area contributed by atoms with Crippen LogP contribution >= 0.6 is 11.6 Å². The molecule has 3 aromatic rings. The molecule has 1 amide bonds. The van der Waals surface area contributed by atoms with Crippen molar-refractivity contribution in [2.45, 2.75) is 33.9 Å². The molecule has 0 bridgehead atoms. The van der Waals surface area contributed by atoms with Crippen LogP contribution in [-0.4, -0.2) is 61.6 Å². The molecular formula is C24H30ClN7O. The molecule has 0 unspecified atom stereocenters. The Bertz CT molecular complexity index is 1180. The van der Waals surface area contributed by atoms with E-state index in [-0.39, 0.29) is 5.91 Å². The van der Waals surface area contributed by atoms with Crippen LogP contribution in [0, 0.1) is 12.8 Å². The molecule has 1 fully saturated rings. The molecule has 1 aromatic carbocycles. The number of fused-ring (bicyclic) bond motifs is 1. The minimum atomic E-state index is -0.0204. The van der Waals surface area contributed by atoms with Gasteiger partial charge in [-0.1, -0.05) is 37.6 Å². The molecule has 174 valence electrons. The van der Waals surface area contributed by atoms with Crippen molar-refractivity contribution in [2.75, 3.05) is 31.9 Å². The first-order chi connectivity index (χ1) is 15.8. The third kappa shape index (κ3) is 5.34. The molecule has 4 rings (SSSR count). The molecule has 8 nitrogen and oxygen atoms in total. The largest absolute Gasteiger partial charge is 0.383 e. The van der Waals surface area contributed by atoms with Gasteiger partial charge in [-0.3, -0.25) is 14.4 Å². The fraction of sp³-hybridized carbons (Fsp3) is 0.417. The summed E-state index contributed by atoms with van der Waals surface area (Å²) in [5.41, 5.74) is 8.58. The van der Waals surface area contributed by atoms with Crippen molar-refractivity contribution in [1.82, 2.24) is 29.5 Å². The number of nitrogens with two attached hydrogens (primary N) is 1. The molecule has 0 atom stereocenters. The van der Waals surface area contributed by atoms with Crippen LogP contribution in [0.3, 0.4) is 0 Å². The SMILES string of the molecule is Cc1nn(CC(C)C)c(Cl)c1/C=C/C(=O)N1CCN(Cc2nc(N)c3ccccc3n2)CC1. The standard InChI is InChI=1S/C24H30ClN7O/c1-16(2)14-32-23(25)18(17(3)29-32)8-9-22(33)31-12-10-30(11-13-31)15-21-27-20-7-5-4-6-19(20)24(26)28-21/h4-9,16H,10-15H2,1-3H3,(H2,26,27,28)/b9-8+. The number of hydrogen-bond donors (Lipinski definition) is 1. The van der Waals surface area contributed by atoms with Gasteiger partial charge in [0, 0.05) is 49.7 Å². The zero-order valence-corrected chi connectivity index (χ0v) is 20.1. The van der Waals surface area contributed by atoms with Gasteiger partial charge in [0.15, 0.2) is 0 Å². The second-order valence-electron chi connectivity index (χ2n) is 8.84. The minimum Gasteiger partial charge on any atom is -0.383 e. The van der Waals surface area contributed by atoms with Gasteiger partial charge >= 0.3 is 0 Å². The fourth-order valence-electron chi connectivity index (χ4n) is 4.03. The first-order valence-corrected chi connectivity index (χ1v) is 11.6. The zero-order chi connectivity index (χ0) is 23.5. The molecule has 0 spiro atoms. The molecular weight excluding hydrogens is 438 g/mol. The highest BCUT2D eigenvalue weighted by Gasteiger charge is 2.21. The lowest BCUT2D eigenvalue weighted by Crippen LogP contribution is -2.48. The average Bonchev–Trinajstić information content (AvgIpc) is 3.04. The number of nitrogens with zero attached hydrogens (tertiary/aromatic N) is 6. The van der Waals surface area contributed by atoms with Gasteiger partial charge < -0.3 is 10.6 Å². The van der Waals surface area contributed by atoms with Gasteiger partial charge in [0.2, 0.25) is 5.91 Å². The smallest absolute Gasteiger partial charge is 0.246 e. The lowest BCUT2D eigenvalue weighted by Gasteiger charge is -2.33. The molecule has 33 heavy (non-hydrogen) atoms. The van der Waals surface area contributed by atoms with Gasteiger partial charge in [-0.2, -0.15) is 5.10 Å². The Morgan fingerprint density at radius 2 is 1.91 bits per heavy atom. The van der Waals surface area contributed by atoms with E-state index in [1.807, 2.05) is 36.1 Å². The van der Waals surface area contributed by atoms with E-state index in [0.29, 0.717) is 42.3 Å². The van der Waals surface area contributed by atoms with E-state index in [4.69, 9.17) is 17.3 Å². The molecule has 2 N–H and O–H groups in total.